The zero-order valence-corrected chi connectivity index (χ0v) is 11.8. The highest BCUT2D eigenvalue weighted by molar-refractivity contribution is 5.93. The predicted molar refractivity (Wildman–Crippen MR) is 75.5 cm³/mol. The third-order valence-corrected chi connectivity index (χ3v) is 5.04. The van der Waals surface area contributed by atoms with Crippen molar-refractivity contribution >= 4 is 5.78 Å². The van der Waals surface area contributed by atoms with Gasteiger partial charge in [0.05, 0.1) is 7.11 Å². The topological polar surface area (TPSA) is 26.3 Å². The number of carbonyl (C=O) groups is 1. The number of hydrogen-bond donors (Lipinski definition) is 0. The van der Waals surface area contributed by atoms with Crippen molar-refractivity contribution in [2.75, 3.05) is 7.11 Å². The SMILES string of the molecule is COc1ccc2c(c1)[C@@]1(C)C=CC(=O)[C@@H](C)[C@@H]1CC2. The molecule has 19 heavy (non-hydrogen) atoms. The molecule has 2 aliphatic carbocycles. The Labute approximate surface area is 114 Å². The summed E-state index contributed by atoms with van der Waals surface area (Å²) in [6.45, 7) is 4.33. The summed E-state index contributed by atoms with van der Waals surface area (Å²) in [5.41, 5.74) is 2.69. The van der Waals surface area contributed by atoms with Crippen molar-refractivity contribution in [2.24, 2.45) is 11.8 Å². The van der Waals surface area contributed by atoms with Gasteiger partial charge in [-0.15, -0.1) is 0 Å². The lowest BCUT2D eigenvalue weighted by atomic mass is 9.57. The number of fused-ring (bicyclic) bond motifs is 3. The van der Waals surface area contributed by atoms with Crippen molar-refractivity contribution in [3.05, 3.63) is 41.5 Å². The van der Waals surface area contributed by atoms with E-state index in [-0.39, 0.29) is 17.1 Å². The zero-order chi connectivity index (χ0) is 13.6. The summed E-state index contributed by atoms with van der Waals surface area (Å²) >= 11 is 0. The van der Waals surface area contributed by atoms with Crippen LogP contribution in [0, 0.1) is 11.8 Å². The van der Waals surface area contributed by atoms with Crippen LogP contribution in [0.25, 0.3) is 0 Å². The van der Waals surface area contributed by atoms with E-state index < -0.39 is 0 Å². The third kappa shape index (κ3) is 1.73. The van der Waals surface area contributed by atoms with Crippen LogP contribution in [0.3, 0.4) is 0 Å². The number of allylic oxidation sites excluding steroid dienone is 2. The summed E-state index contributed by atoms with van der Waals surface area (Å²) in [4.78, 5) is 11.9. The van der Waals surface area contributed by atoms with Crippen LogP contribution in [0.15, 0.2) is 30.4 Å². The molecule has 0 spiro atoms. The normalized spacial score (nSPS) is 32.7. The second-order valence-electron chi connectivity index (χ2n) is 5.98. The minimum Gasteiger partial charge on any atom is -0.497 e. The van der Waals surface area contributed by atoms with Gasteiger partial charge in [0.25, 0.3) is 0 Å². The molecule has 2 aliphatic rings. The molecular formula is C17H20O2. The van der Waals surface area contributed by atoms with Gasteiger partial charge in [-0.05, 0) is 48.1 Å². The molecule has 0 aromatic heterocycles. The van der Waals surface area contributed by atoms with Crippen molar-refractivity contribution in [3.8, 4) is 5.75 Å². The molecule has 0 saturated heterocycles. The van der Waals surface area contributed by atoms with E-state index >= 15 is 0 Å². The largest absolute Gasteiger partial charge is 0.497 e. The Bertz CT molecular complexity index is 558. The molecule has 0 fully saturated rings. The Hall–Kier alpha value is -1.57. The molecule has 0 radical (unpaired) electrons. The lowest BCUT2D eigenvalue weighted by Gasteiger charge is -2.45. The van der Waals surface area contributed by atoms with Crippen LogP contribution in [0.5, 0.6) is 5.75 Å². The Balaban J connectivity index is 2.16. The average Bonchev–Trinajstić information content (AvgIpc) is 2.43. The van der Waals surface area contributed by atoms with Crippen LogP contribution in [0.1, 0.15) is 31.4 Å². The van der Waals surface area contributed by atoms with Crippen molar-refractivity contribution in [1.82, 2.24) is 0 Å². The van der Waals surface area contributed by atoms with E-state index in [1.807, 2.05) is 6.07 Å². The first-order chi connectivity index (χ1) is 9.06. The summed E-state index contributed by atoms with van der Waals surface area (Å²) < 4.78 is 5.36. The van der Waals surface area contributed by atoms with Gasteiger partial charge >= 0.3 is 0 Å². The minimum atomic E-state index is -0.0323. The van der Waals surface area contributed by atoms with Gasteiger partial charge in [-0.2, -0.15) is 0 Å². The lowest BCUT2D eigenvalue weighted by Crippen LogP contribution is -2.43. The van der Waals surface area contributed by atoms with E-state index in [1.165, 1.54) is 11.1 Å². The fraction of sp³-hybridized carbons (Fsp3) is 0.471. The van der Waals surface area contributed by atoms with Gasteiger partial charge in [-0.1, -0.05) is 26.0 Å². The lowest BCUT2D eigenvalue weighted by molar-refractivity contribution is -0.120. The van der Waals surface area contributed by atoms with Crippen LogP contribution in [0.4, 0.5) is 0 Å². The van der Waals surface area contributed by atoms with E-state index in [9.17, 15) is 4.79 Å². The van der Waals surface area contributed by atoms with Gasteiger partial charge in [0.15, 0.2) is 5.78 Å². The van der Waals surface area contributed by atoms with Crippen molar-refractivity contribution in [3.63, 3.8) is 0 Å². The smallest absolute Gasteiger partial charge is 0.158 e. The molecule has 0 bridgehead atoms. The van der Waals surface area contributed by atoms with Gasteiger partial charge in [-0.3, -0.25) is 4.79 Å². The molecule has 0 aliphatic heterocycles. The first-order valence-corrected chi connectivity index (χ1v) is 6.97. The van der Waals surface area contributed by atoms with Crippen molar-refractivity contribution in [1.29, 1.82) is 0 Å². The summed E-state index contributed by atoms with van der Waals surface area (Å²) in [5, 5.41) is 0. The van der Waals surface area contributed by atoms with Gasteiger partial charge in [0, 0.05) is 11.3 Å². The maximum atomic E-state index is 11.9. The van der Waals surface area contributed by atoms with Crippen LogP contribution in [0.2, 0.25) is 0 Å². The number of carbonyl (C=O) groups excluding carboxylic acids is 1. The van der Waals surface area contributed by atoms with Gasteiger partial charge < -0.3 is 4.74 Å². The zero-order valence-electron chi connectivity index (χ0n) is 11.8. The fourth-order valence-corrected chi connectivity index (χ4v) is 3.80. The molecule has 2 nitrogen and oxygen atoms in total. The summed E-state index contributed by atoms with van der Waals surface area (Å²) in [7, 11) is 1.70. The molecule has 0 unspecified atom stereocenters. The maximum absolute atomic E-state index is 11.9. The molecule has 0 N–H and O–H groups in total. The highest BCUT2D eigenvalue weighted by Crippen LogP contribution is 2.49. The van der Waals surface area contributed by atoms with E-state index in [0.29, 0.717) is 5.92 Å². The number of aryl methyl sites for hydroxylation is 1. The third-order valence-electron chi connectivity index (χ3n) is 5.04. The predicted octanol–water partition coefficient (Wildman–Crippen LogP) is 3.29. The molecular weight excluding hydrogens is 236 g/mol. The van der Waals surface area contributed by atoms with Gasteiger partial charge in [-0.25, -0.2) is 0 Å². The quantitative estimate of drug-likeness (QED) is 0.770. The second kappa shape index (κ2) is 4.22. The minimum absolute atomic E-state index is 0.0323. The maximum Gasteiger partial charge on any atom is 0.158 e. The summed E-state index contributed by atoms with van der Waals surface area (Å²) in [6, 6.07) is 6.35. The van der Waals surface area contributed by atoms with Crippen LogP contribution < -0.4 is 4.74 Å². The Morgan fingerprint density at radius 1 is 1.37 bits per heavy atom. The van der Waals surface area contributed by atoms with Crippen molar-refractivity contribution in [2.45, 2.75) is 32.1 Å². The number of hydrogen-bond acceptors (Lipinski definition) is 2. The molecule has 1 aromatic rings. The number of methoxy groups -OCH3 is 1. The highest BCUT2D eigenvalue weighted by Gasteiger charge is 2.45. The van der Waals surface area contributed by atoms with E-state index in [4.69, 9.17) is 4.74 Å². The van der Waals surface area contributed by atoms with Crippen LogP contribution in [-0.2, 0) is 16.6 Å². The van der Waals surface area contributed by atoms with Gasteiger partial charge in [0.2, 0.25) is 0 Å². The molecule has 0 amide bonds. The van der Waals surface area contributed by atoms with E-state index in [2.05, 4.69) is 32.1 Å². The molecule has 0 saturated carbocycles. The van der Waals surface area contributed by atoms with Crippen LogP contribution >= 0.6 is 0 Å². The molecule has 1 aromatic carbocycles. The molecule has 2 heteroatoms. The van der Waals surface area contributed by atoms with E-state index in [0.717, 1.165) is 18.6 Å². The number of ether oxygens (including phenoxy) is 1. The van der Waals surface area contributed by atoms with Crippen molar-refractivity contribution < 1.29 is 9.53 Å². The summed E-state index contributed by atoms with van der Waals surface area (Å²) in [6.07, 6.45) is 6.03. The monoisotopic (exact) mass is 256 g/mol. The number of ketones is 1. The highest BCUT2D eigenvalue weighted by atomic mass is 16.5. The Morgan fingerprint density at radius 2 is 2.16 bits per heavy atom. The van der Waals surface area contributed by atoms with Gasteiger partial charge in [0.1, 0.15) is 5.75 Å². The molecule has 0 heterocycles. The molecule has 100 valence electrons. The molecule has 3 rings (SSSR count). The van der Waals surface area contributed by atoms with Crippen LogP contribution in [-0.4, -0.2) is 12.9 Å². The van der Waals surface area contributed by atoms with E-state index in [1.54, 1.807) is 13.2 Å². The Kier molecular flexibility index (Phi) is 2.77. The summed E-state index contributed by atoms with van der Waals surface area (Å²) in [5.74, 6) is 1.70. The standard InChI is InChI=1S/C17H20O2/c1-11-14-7-5-12-4-6-13(19-3)10-15(12)17(14,2)9-8-16(11)18/h4,6,8-11,14H,5,7H2,1-3H3/t11-,14-,17-/m0/s1. The Morgan fingerprint density at radius 3 is 2.89 bits per heavy atom. The second-order valence-corrected chi connectivity index (χ2v) is 5.98. The number of benzene rings is 1. The fourth-order valence-electron chi connectivity index (χ4n) is 3.80. The first kappa shape index (κ1) is 12.5. The molecule has 3 atom stereocenters. The number of rotatable bonds is 1. The average molecular weight is 256 g/mol. The first-order valence-electron chi connectivity index (χ1n) is 6.97.